The van der Waals surface area contributed by atoms with Crippen LogP contribution in [0.15, 0.2) is 41.3 Å². The van der Waals surface area contributed by atoms with Gasteiger partial charge in [0, 0.05) is 39.0 Å². The van der Waals surface area contributed by atoms with E-state index in [1.54, 1.807) is 37.6 Å². The second-order valence-corrected chi connectivity index (χ2v) is 8.94. The van der Waals surface area contributed by atoms with Crippen LogP contribution in [0.2, 0.25) is 0 Å². The Hall–Kier alpha value is -2.85. The molecule has 0 bridgehead atoms. The Labute approximate surface area is 179 Å². The molecule has 3 rings (SSSR count). The van der Waals surface area contributed by atoms with Crippen molar-refractivity contribution < 1.29 is 22.0 Å². The second-order valence-electron chi connectivity index (χ2n) is 7.00. The summed E-state index contributed by atoms with van der Waals surface area (Å²) in [5.74, 6) is -1.29. The number of halogens is 2. The molecule has 0 radical (unpaired) electrons. The highest BCUT2D eigenvalue weighted by atomic mass is 32.2. The van der Waals surface area contributed by atoms with E-state index in [0.717, 1.165) is 23.7 Å². The average Bonchev–Trinajstić information content (AvgIpc) is 3.05. The van der Waals surface area contributed by atoms with Crippen LogP contribution in [-0.4, -0.2) is 41.3 Å². The number of sulfonamides is 1. The van der Waals surface area contributed by atoms with Crippen LogP contribution in [0, 0.1) is 11.6 Å². The number of rotatable bonds is 8. The number of anilines is 1. The number of carbonyl (C=O) groups is 1. The summed E-state index contributed by atoms with van der Waals surface area (Å²) in [4.78, 5) is 16.8. The molecule has 166 valence electrons. The Morgan fingerprint density at radius 1 is 1.13 bits per heavy atom. The fourth-order valence-corrected chi connectivity index (χ4v) is 4.84. The topological polar surface area (TPSA) is 84.3 Å². The Morgan fingerprint density at radius 3 is 2.52 bits per heavy atom. The van der Waals surface area contributed by atoms with Crippen molar-refractivity contribution in [3.05, 3.63) is 53.9 Å². The Kier molecular flexibility index (Phi) is 6.71. The Bertz CT molecular complexity index is 1220. The van der Waals surface area contributed by atoms with Gasteiger partial charge in [-0.1, -0.05) is 13.8 Å². The molecule has 0 aliphatic carbocycles. The molecular weight excluding hydrogens is 426 g/mol. The summed E-state index contributed by atoms with van der Waals surface area (Å²) in [6.07, 6.45) is 0.240. The van der Waals surface area contributed by atoms with Gasteiger partial charge >= 0.3 is 0 Å². The van der Waals surface area contributed by atoms with E-state index in [4.69, 9.17) is 0 Å². The molecule has 2 aromatic carbocycles. The zero-order valence-corrected chi connectivity index (χ0v) is 18.3. The average molecular weight is 451 g/mol. The van der Waals surface area contributed by atoms with Crippen LogP contribution < -0.4 is 5.32 Å². The minimum absolute atomic E-state index is 0.00226. The maximum Gasteiger partial charge on any atom is 0.243 e. The van der Waals surface area contributed by atoms with E-state index in [1.165, 1.54) is 10.4 Å². The summed E-state index contributed by atoms with van der Waals surface area (Å²) >= 11 is 0. The molecule has 7 nitrogen and oxygen atoms in total. The lowest BCUT2D eigenvalue weighted by Gasteiger charge is -2.18. The molecule has 1 aromatic heterocycles. The van der Waals surface area contributed by atoms with Crippen molar-refractivity contribution in [3.8, 4) is 0 Å². The summed E-state index contributed by atoms with van der Waals surface area (Å²) in [5.41, 5.74) is 1.01. The van der Waals surface area contributed by atoms with Gasteiger partial charge in [-0.05, 0) is 30.3 Å². The van der Waals surface area contributed by atoms with Crippen molar-refractivity contribution in [1.29, 1.82) is 0 Å². The lowest BCUT2D eigenvalue weighted by Crippen LogP contribution is -2.30. The van der Waals surface area contributed by atoms with E-state index in [1.807, 2.05) is 0 Å². The number of nitrogens with one attached hydrogen (secondary N) is 1. The molecule has 0 spiro atoms. The first kappa shape index (κ1) is 22.8. The van der Waals surface area contributed by atoms with Crippen LogP contribution in [0.5, 0.6) is 0 Å². The quantitative estimate of drug-likeness (QED) is 0.570. The normalized spacial score (nSPS) is 11.9. The molecule has 3 aromatic rings. The zero-order valence-electron chi connectivity index (χ0n) is 17.5. The molecule has 0 aliphatic heterocycles. The number of fused-ring (bicyclic) bond motifs is 1. The summed E-state index contributed by atoms with van der Waals surface area (Å²) in [6, 6.07) is 7.58. The van der Waals surface area contributed by atoms with Crippen LogP contribution in [0.25, 0.3) is 11.0 Å². The van der Waals surface area contributed by atoms with Crippen molar-refractivity contribution in [1.82, 2.24) is 13.9 Å². The zero-order chi connectivity index (χ0) is 22.8. The molecular formula is C21H24F2N4O3S. The van der Waals surface area contributed by atoms with Crippen molar-refractivity contribution >= 4 is 32.7 Å². The van der Waals surface area contributed by atoms with Gasteiger partial charge in [0.2, 0.25) is 15.9 Å². The van der Waals surface area contributed by atoms with Crippen LogP contribution in [0.4, 0.5) is 14.5 Å². The molecule has 0 saturated carbocycles. The summed E-state index contributed by atoms with van der Waals surface area (Å²) < 4.78 is 55.6. The highest BCUT2D eigenvalue weighted by Crippen LogP contribution is 2.23. The number of nitrogens with zero attached hydrogens (tertiary/aromatic N) is 3. The van der Waals surface area contributed by atoms with Gasteiger partial charge in [-0.3, -0.25) is 4.79 Å². The third kappa shape index (κ3) is 4.75. The smallest absolute Gasteiger partial charge is 0.243 e. The lowest BCUT2D eigenvalue weighted by molar-refractivity contribution is -0.116. The van der Waals surface area contributed by atoms with Gasteiger partial charge in [0.25, 0.3) is 0 Å². The van der Waals surface area contributed by atoms with Gasteiger partial charge in [-0.2, -0.15) is 4.31 Å². The van der Waals surface area contributed by atoms with Gasteiger partial charge in [-0.15, -0.1) is 0 Å². The molecule has 10 heteroatoms. The minimum atomic E-state index is -3.61. The van der Waals surface area contributed by atoms with Gasteiger partial charge in [0.05, 0.1) is 21.6 Å². The van der Waals surface area contributed by atoms with E-state index in [-0.39, 0.29) is 23.4 Å². The molecule has 1 N–H and O–H groups in total. The fourth-order valence-electron chi connectivity index (χ4n) is 3.36. The summed E-state index contributed by atoms with van der Waals surface area (Å²) in [6.45, 7) is 4.29. The van der Waals surface area contributed by atoms with Crippen LogP contribution in [0.1, 0.15) is 26.1 Å². The van der Waals surface area contributed by atoms with E-state index in [2.05, 4.69) is 10.3 Å². The second kappa shape index (κ2) is 9.11. The third-order valence-corrected chi connectivity index (χ3v) is 7.11. The highest BCUT2D eigenvalue weighted by molar-refractivity contribution is 7.89. The number of aromatic nitrogens is 2. The monoisotopic (exact) mass is 450 g/mol. The highest BCUT2D eigenvalue weighted by Gasteiger charge is 2.23. The maximum absolute atomic E-state index is 13.7. The standard InChI is InChI=1S/C21H24F2N4O3S/c1-4-27(5-2)31(29,30)15-7-9-19-18(13-15)24-20(26(19)3)10-11-21(28)25-17-12-14(22)6-8-16(17)23/h6-9,12-13H,4-5,10-11H2,1-3H3,(H,25,28). The number of hydrogen-bond donors (Lipinski definition) is 1. The molecule has 1 amide bonds. The van der Waals surface area contributed by atoms with E-state index in [9.17, 15) is 22.0 Å². The summed E-state index contributed by atoms with van der Waals surface area (Å²) in [5, 5.41) is 2.35. The van der Waals surface area contributed by atoms with Crippen molar-refractivity contribution in [2.75, 3.05) is 18.4 Å². The van der Waals surface area contributed by atoms with Gasteiger partial charge in [-0.25, -0.2) is 22.2 Å². The van der Waals surface area contributed by atoms with Crippen molar-refractivity contribution in [2.45, 2.75) is 31.6 Å². The Balaban J connectivity index is 1.78. The maximum atomic E-state index is 13.7. The lowest BCUT2D eigenvalue weighted by atomic mass is 10.2. The first-order valence-corrected chi connectivity index (χ1v) is 11.3. The van der Waals surface area contributed by atoms with E-state index >= 15 is 0 Å². The number of hydrogen-bond acceptors (Lipinski definition) is 4. The Morgan fingerprint density at radius 2 is 1.84 bits per heavy atom. The predicted molar refractivity (Wildman–Crippen MR) is 114 cm³/mol. The van der Waals surface area contributed by atoms with Crippen LogP contribution in [-0.2, 0) is 28.3 Å². The number of aryl methyl sites for hydroxylation is 2. The molecule has 0 fully saturated rings. The van der Waals surface area contributed by atoms with Crippen molar-refractivity contribution in [3.63, 3.8) is 0 Å². The van der Waals surface area contributed by atoms with Crippen molar-refractivity contribution in [2.24, 2.45) is 7.05 Å². The molecule has 1 heterocycles. The molecule has 0 aliphatic rings. The first-order valence-electron chi connectivity index (χ1n) is 9.87. The fraction of sp³-hybridized carbons (Fsp3) is 0.333. The minimum Gasteiger partial charge on any atom is -0.331 e. The molecule has 0 atom stereocenters. The van der Waals surface area contributed by atoms with Gasteiger partial charge in [0.15, 0.2) is 0 Å². The van der Waals surface area contributed by atoms with Gasteiger partial charge in [0.1, 0.15) is 17.5 Å². The SMILES string of the molecule is CCN(CC)S(=O)(=O)c1ccc2c(c1)nc(CCC(=O)Nc1cc(F)ccc1F)n2C. The van der Waals surface area contributed by atoms with Gasteiger partial charge < -0.3 is 9.88 Å². The molecule has 0 saturated heterocycles. The van der Waals surface area contributed by atoms with Crippen LogP contribution >= 0.6 is 0 Å². The number of carbonyl (C=O) groups excluding carboxylic acids is 1. The first-order chi connectivity index (χ1) is 14.7. The number of imidazole rings is 1. The summed E-state index contributed by atoms with van der Waals surface area (Å²) in [7, 11) is -1.84. The number of amides is 1. The largest absolute Gasteiger partial charge is 0.331 e. The van der Waals surface area contributed by atoms with Crippen LogP contribution in [0.3, 0.4) is 0 Å². The number of benzene rings is 2. The predicted octanol–water partition coefficient (Wildman–Crippen LogP) is 3.45. The van der Waals surface area contributed by atoms with E-state index < -0.39 is 27.6 Å². The third-order valence-electron chi connectivity index (χ3n) is 5.07. The van der Waals surface area contributed by atoms with E-state index in [0.29, 0.717) is 24.4 Å². The molecule has 0 unspecified atom stereocenters. The molecule has 31 heavy (non-hydrogen) atoms.